The van der Waals surface area contributed by atoms with Crippen LogP contribution in [0.4, 0.5) is 8.78 Å². The van der Waals surface area contributed by atoms with Crippen LogP contribution in [0.1, 0.15) is 31.2 Å². The molecule has 2 aliphatic rings. The van der Waals surface area contributed by atoms with Gasteiger partial charge in [0.1, 0.15) is 5.75 Å². The third-order valence-corrected chi connectivity index (χ3v) is 10.3. The number of alkyl halides is 2. The second-order valence-corrected chi connectivity index (χ2v) is 13.8. The summed E-state index contributed by atoms with van der Waals surface area (Å²) in [6.07, 6.45) is 4.40. The first-order valence-corrected chi connectivity index (χ1v) is 16.2. The Morgan fingerprint density at radius 2 is 1.58 bits per heavy atom. The predicted molar refractivity (Wildman–Crippen MR) is 140 cm³/mol. The van der Waals surface area contributed by atoms with E-state index in [-0.39, 0.29) is 21.6 Å². The molecule has 0 saturated carbocycles. The van der Waals surface area contributed by atoms with E-state index in [2.05, 4.69) is 14.5 Å². The first-order chi connectivity index (χ1) is 18.0. The van der Waals surface area contributed by atoms with Gasteiger partial charge in [0.05, 0.1) is 9.79 Å². The van der Waals surface area contributed by atoms with Crippen molar-refractivity contribution in [1.82, 2.24) is 14.1 Å². The SMILES string of the molecule is CS(=O)(=O)c1cccc(S(=O)(=O)N(CCN2CCCC2)C2CCN(Cc3ccccc3OC(F)F)CC2)c1. The van der Waals surface area contributed by atoms with Crippen LogP contribution >= 0.6 is 0 Å². The van der Waals surface area contributed by atoms with Crippen LogP contribution in [0.25, 0.3) is 0 Å². The highest BCUT2D eigenvalue weighted by molar-refractivity contribution is 7.91. The molecule has 2 aromatic carbocycles. The Labute approximate surface area is 224 Å². The Morgan fingerprint density at radius 1 is 0.921 bits per heavy atom. The molecule has 2 fully saturated rings. The maximum absolute atomic E-state index is 13.8. The van der Waals surface area contributed by atoms with Crippen molar-refractivity contribution in [3.8, 4) is 5.75 Å². The van der Waals surface area contributed by atoms with Crippen molar-refractivity contribution in [2.45, 2.75) is 54.7 Å². The molecule has 8 nitrogen and oxygen atoms in total. The van der Waals surface area contributed by atoms with Gasteiger partial charge in [0, 0.05) is 50.6 Å². The third kappa shape index (κ3) is 7.29. The van der Waals surface area contributed by atoms with Crippen molar-refractivity contribution in [2.75, 3.05) is 45.5 Å². The minimum absolute atomic E-state index is 0.0256. The normalized spacial score (nSPS) is 18.4. The van der Waals surface area contributed by atoms with Crippen LogP contribution in [0.3, 0.4) is 0 Å². The fourth-order valence-electron chi connectivity index (χ4n) is 5.20. The molecule has 0 spiro atoms. The molecular formula is C26H35F2N3O5S2. The van der Waals surface area contributed by atoms with Gasteiger partial charge in [-0.15, -0.1) is 0 Å². The number of halogens is 2. The molecule has 2 heterocycles. The van der Waals surface area contributed by atoms with Crippen molar-refractivity contribution in [3.05, 3.63) is 54.1 Å². The van der Waals surface area contributed by atoms with Crippen molar-refractivity contribution >= 4 is 19.9 Å². The summed E-state index contributed by atoms with van der Waals surface area (Å²) in [5.41, 5.74) is 0.655. The molecule has 2 aliphatic heterocycles. The first kappa shape index (κ1) is 28.9. The number of benzene rings is 2. The minimum atomic E-state index is -3.95. The van der Waals surface area contributed by atoms with Crippen LogP contribution in [0.5, 0.6) is 5.75 Å². The van der Waals surface area contributed by atoms with Crippen LogP contribution in [-0.2, 0) is 26.4 Å². The van der Waals surface area contributed by atoms with Gasteiger partial charge in [0.15, 0.2) is 9.84 Å². The molecule has 2 aromatic rings. The molecule has 0 atom stereocenters. The van der Waals surface area contributed by atoms with Gasteiger partial charge >= 0.3 is 6.61 Å². The number of ether oxygens (including phenoxy) is 1. The van der Waals surface area contributed by atoms with Gasteiger partial charge in [-0.1, -0.05) is 24.3 Å². The molecule has 0 amide bonds. The number of piperidine rings is 1. The summed E-state index contributed by atoms with van der Waals surface area (Å²) in [7, 11) is -7.52. The molecule has 2 saturated heterocycles. The Morgan fingerprint density at radius 3 is 2.24 bits per heavy atom. The zero-order valence-electron chi connectivity index (χ0n) is 21.5. The number of para-hydroxylation sites is 1. The van der Waals surface area contributed by atoms with E-state index in [1.54, 1.807) is 18.2 Å². The first-order valence-electron chi connectivity index (χ1n) is 12.8. The van der Waals surface area contributed by atoms with Crippen molar-refractivity contribution in [3.63, 3.8) is 0 Å². The van der Waals surface area contributed by atoms with Crippen LogP contribution < -0.4 is 4.74 Å². The molecule has 0 N–H and O–H groups in total. The highest BCUT2D eigenvalue weighted by atomic mass is 32.2. The van der Waals surface area contributed by atoms with E-state index in [1.165, 1.54) is 34.6 Å². The molecule has 12 heteroatoms. The number of sulfonamides is 1. The monoisotopic (exact) mass is 571 g/mol. The molecular weight excluding hydrogens is 536 g/mol. The minimum Gasteiger partial charge on any atom is -0.434 e. The number of rotatable bonds is 11. The molecule has 210 valence electrons. The zero-order valence-corrected chi connectivity index (χ0v) is 23.1. The van der Waals surface area contributed by atoms with Gasteiger partial charge in [0.2, 0.25) is 10.0 Å². The molecule has 0 radical (unpaired) electrons. The smallest absolute Gasteiger partial charge is 0.387 e. The highest BCUT2D eigenvalue weighted by Gasteiger charge is 2.35. The van der Waals surface area contributed by atoms with E-state index < -0.39 is 26.5 Å². The maximum atomic E-state index is 13.8. The maximum Gasteiger partial charge on any atom is 0.387 e. The van der Waals surface area contributed by atoms with Gasteiger partial charge in [0.25, 0.3) is 0 Å². The van der Waals surface area contributed by atoms with Crippen molar-refractivity contribution < 1.29 is 30.4 Å². The van der Waals surface area contributed by atoms with Crippen LogP contribution in [0, 0.1) is 0 Å². The topological polar surface area (TPSA) is 87.2 Å². The largest absolute Gasteiger partial charge is 0.434 e. The quantitative estimate of drug-likeness (QED) is 0.408. The Hall–Kier alpha value is -2.12. The second-order valence-electron chi connectivity index (χ2n) is 9.91. The summed E-state index contributed by atoms with van der Waals surface area (Å²) in [6.45, 7) is 1.51. The highest BCUT2D eigenvalue weighted by Crippen LogP contribution is 2.28. The van der Waals surface area contributed by atoms with Crippen molar-refractivity contribution in [2.24, 2.45) is 0 Å². The summed E-state index contributed by atoms with van der Waals surface area (Å²) in [4.78, 5) is 4.31. The van der Waals surface area contributed by atoms with Crippen LogP contribution in [-0.4, -0.2) is 89.1 Å². The van der Waals surface area contributed by atoms with E-state index in [0.29, 0.717) is 51.1 Å². The van der Waals surface area contributed by atoms with Gasteiger partial charge in [-0.05, 0) is 63.0 Å². The summed E-state index contributed by atoms with van der Waals surface area (Å²) in [6, 6.07) is 12.0. The van der Waals surface area contributed by atoms with Gasteiger partial charge in [-0.25, -0.2) is 16.8 Å². The lowest BCUT2D eigenvalue weighted by molar-refractivity contribution is -0.0508. The predicted octanol–water partition coefficient (Wildman–Crippen LogP) is 3.44. The Kier molecular flexibility index (Phi) is 9.40. The number of likely N-dealkylation sites (tertiary alicyclic amines) is 2. The number of sulfone groups is 1. The average molecular weight is 572 g/mol. The number of hydrogen-bond donors (Lipinski definition) is 0. The summed E-state index contributed by atoms with van der Waals surface area (Å²) in [5, 5.41) is 0. The van der Waals surface area contributed by atoms with Crippen LogP contribution in [0.2, 0.25) is 0 Å². The molecule has 38 heavy (non-hydrogen) atoms. The molecule has 0 bridgehead atoms. The lowest BCUT2D eigenvalue weighted by Crippen LogP contribution is -2.49. The standard InChI is InChI=1S/C26H35F2N3O5S2/c1-37(32,33)23-8-6-9-24(19-23)38(34,35)31(18-17-29-13-4-5-14-29)22-11-15-30(16-12-22)20-21-7-2-3-10-25(21)36-26(27)28/h2-3,6-10,19,22,26H,4-5,11-18,20H2,1H3. The van der Waals surface area contributed by atoms with E-state index in [1.807, 2.05) is 0 Å². The van der Waals surface area contributed by atoms with Crippen molar-refractivity contribution in [1.29, 1.82) is 0 Å². The molecule has 0 unspecified atom stereocenters. The van der Waals surface area contributed by atoms with E-state index in [0.717, 1.165) is 32.2 Å². The van der Waals surface area contributed by atoms with Gasteiger partial charge in [-0.3, -0.25) is 4.90 Å². The van der Waals surface area contributed by atoms with Gasteiger partial charge in [-0.2, -0.15) is 13.1 Å². The number of hydrogen-bond acceptors (Lipinski definition) is 7. The lowest BCUT2D eigenvalue weighted by Gasteiger charge is -2.38. The zero-order chi connectivity index (χ0) is 27.3. The average Bonchev–Trinajstić information content (AvgIpc) is 3.39. The van der Waals surface area contributed by atoms with Crippen LogP contribution in [0.15, 0.2) is 58.3 Å². The van der Waals surface area contributed by atoms with E-state index in [4.69, 9.17) is 0 Å². The fraction of sp³-hybridized carbons (Fsp3) is 0.538. The molecule has 0 aliphatic carbocycles. The summed E-state index contributed by atoms with van der Waals surface area (Å²) in [5.74, 6) is 0.144. The second kappa shape index (κ2) is 12.4. The summed E-state index contributed by atoms with van der Waals surface area (Å²) >= 11 is 0. The fourth-order valence-corrected chi connectivity index (χ4v) is 7.66. The summed E-state index contributed by atoms with van der Waals surface area (Å²) < 4.78 is 83.7. The Balaban J connectivity index is 1.50. The molecule has 0 aromatic heterocycles. The van der Waals surface area contributed by atoms with Gasteiger partial charge < -0.3 is 9.64 Å². The Bertz CT molecular complexity index is 1290. The lowest BCUT2D eigenvalue weighted by atomic mass is 10.0. The number of nitrogens with zero attached hydrogens (tertiary/aromatic N) is 3. The third-order valence-electron chi connectivity index (χ3n) is 7.22. The molecule has 4 rings (SSSR count). The van der Waals surface area contributed by atoms with E-state index in [9.17, 15) is 25.6 Å². The van der Waals surface area contributed by atoms with E-state index >= 15 is 0 Å².